The molecule has 7 heteroatoms. The number of carbonyl (C=O) groups excluding carboxylic acids is 1. The molecule has 0 aliphatic carbocycles. The Morgan fingerprint density at radius 1 is 1.03 bits per heavy atom. The molecule has 0 radical (unpaired) electrons. The molecular formula is C24H22ClFN2O3. The van der Waals surface area contributed by atoms with Gasteiger partial charge in [-0.15, -0.1) is 0 Å². The molecule has 0 aromatic heterocycles. The van der Waals surface area contributed by atoms with Crippen LogP contribution in [0.4, 0.5) is 14.9 Å². The van der Waals surface area contributed by atoms with Crippen LogP contribution in [0, 0.1) is 5.82 Å². The maximum Gasteiger partial charge on any atom is 0.322 e. The summed E-state index contributed by atoms with van der Waals surface area (Å²) in [7, 11) is 3.13. The molecule has 2 amide bonds. The average Bonchev–Trinajstić information content (AvgIpc) is 2.77. The van der Waals surface area contributed by atoms with Gasteiger partial charge in [0.25, 0.3) is 0 Å². The topological polar surface area (TPSA) is 50.8 Å². The lowest BCUT2D eigenvalue weighted by atomic mass is 9.87. The van der Waals surface area contributed by atoms with Gasteiger partial charge in [0.05, 0.1) is 20.3 Å². The average molecular weight is 441 g/mol. The van der Waals surface area contributed by atoms with Crippen LogP contribution in [-0.4, -0.2) is 31.7 Å². The van der Waals surface area contributed by atoms with Gasteiger partial charge in [-0.05, 0) is 53.9 Å². The van der Waals surface area contributed by atoms with E-state index in [2.05, 4.69) is 5.32 Å². The van der Waals surface area contributed by atoms with E-state index in [9.17, 15) is 9.18 Å². The van der Waals surface area contributed by atoms with Crippen molar-refractivity contribution in [1.29, 1.82) is 0 Å². The number of hydrogen-bond acceptors (Lipinski definition) is 3. The molecule has 31 heavy (non-hydrogen) atoms. The molecule has 160 valence electrons. The Bertz CT molecular complexity index is 1120. The summed E-state index contributed by atoms with van der Waals surface area (Å²) in [4.78, 5) is 14.9. The zero-order chi connectivity index (χ0) is 22.0. The molecule has 3 aromatic carbocycles. The van der Waals surface area contributed by atoms with Crippen LogP contribution in [0.3, 0.4) is 0 Å². The maximum atomic E-state index is 14.9. The highest BCUT2D eigenvalue weighted by atomic mass is 35.5. The fraction of sp³-hybridized carbons (Fsp3) is 0.208. The van der Waals surface area contributed by atoms with E-state index in [0.717, 1.165) is 11.1 Å². The first-order valence-corrected chi connectivity index (χ1v) is 10.2. The highest BCUT2D eigenvalue weighted by molar-refractivity contribution is 6.30. The molecule has 1 atom stereocenters. The first kappa shape index (κ1) is 21.0. The van der Waals surface area contributed by atoms with E-state index >= 15 is 0 Å². The van der Waals surface area contributed by atoms with Gasteiger partial charge in [0.2, 0.25) is 0 Å². The lowest BCUT2D eigenvalue weighted by molar-refractivity contribution is 0.192. The summed E-state index contributed by atoms with van der Waals surface area (Å²) >= 11 is 6.05. The number of methoxy groups -OCH3 is 2. The minimum absolute atomic E-state index is 0.337. The summed E-state index contributed by atoms with van der Waals surface area (Å²) in [5.41, 5.74) is 2.77. The van der Waals surface area contributed by atoms with Crippen LogP contribution in [0.5, 0.6) is 11.5 Å². The van der Waals surface area contributed by atoms with Gasteiger partial charge in [0.1, 0.15) is 5.82 Å². The Hall–Kier alpha value is -3.25. The molecule has 0 unspecified atom stereocenters. The number of nitrogens with zero attached hydrogens (tertiary/aromatic N) is 1. The predicted molar refractivity (Wildman–Crippen MR) is 119 cm³/mol. The van der Waals surface area contributed by atoms with Gasteiger partial charge >= 0.3 is 6.03 Å². The summed E-state index contributed by atoms with van der Waals surface area (Å²) in [5.74, 6) is 0.751. The number of fused-ring (bicyclic) bond motifs is 1. The maximum absolute atomic E-state index is 14.9. The molecule has 4 rings (SSSR count). The van der Waals surface area contributed by atoms with E-state index in [1.54, 1.807) is 61.6 Å². The van der Waals surface area contributed by atoms with Gasteiger partial charge in [-0.2, -0.15) is 0 Å². The molecule has 0 spiro atoms. The molecule has 1 N–H and O–H groups in total. The van der Waals surface area contributed by atoms with Crippen LogP contribution < -0.4 is 14.8 Å². The Labute approximate surface area is 185 Å². The van der Waals surface area contributed by atoms with Gasteiger partial charge in [-0.25, -0.2) is 9.18 Å². The molecule has 0 bridgehead atoms. The molecule has 1 heterocycles. The molecule has 0 saturated carbocycles. The summed E-state index contributed by atoms with van der Waals surface area (Å²) < 4.78 is 25.8. The van der Waals surface area contributed by atoms with Gasteiger partial charge in [0, 0.05) is 22.8 Å². The quantitative estimate of drug-likeness (QED) is 0.568. The third kappa shape index (κ3) is 4.16. The van der Waals surface area contributed by atoms with Crippen molar-refractivity contribution in [1.82, 2.24) is 4.90 Å². The van der Waals surface area contributed by atoms with Crippen molar-refractivity contribution in [2.45, 2.75) is 12.5 Å². The molecule has 0 fully saturated rings. The van der Waals surface area contributed by atoms with Crippen LogP contribution in [0.1, 0.15) is 22.7 Å². The zero-order valence-electron chi connectivity index (χ0n) is 17.2. The third-order valence-electron chi connectivity index (χ3n) is 5.41. The van der Waals surface area contributed by atoms with E-state index in [1.165, 1.54) is 6.07 Å². The number of rotatable bonds is 4. The van der Waals surface area contributed by atoms with Crippen molar-refractivity contribution >= 4 is 23.3 Å². The SMILES string of the molecule is COc1cc2c(cc1OC)[C@@H](c1ccccc1F)N(C(=O)Nc1cccc(Cl)c1)CC2. The lowest BCUT2D eigenvalue weighted by Crippen LogP contribution is -2.43. The number of benzene rings is 3. The monoisotopic (exact) mass is 440 g/mol. The fourth-order valence-electron chi connectivity index (χ4n) is 3.96. The summed E-state index contributed by atoms with van der Waals surface area (Å²) in [6, 6.07) is 16.2. The van der Waals surface area contributed by atoms with Gasteiger partial charge in [0.15, 0.2) is 11.5 Å². The number of urea groups is 1. The Morgan fingerprint density at radius 3 is 2.48 bits per heavy atom. The Kier molecular flexibility index (Phi) is 6.00. The Balaban J connectivity index is 1.79. The lowest BCUT2D eigenvalue weighted by Gasteiger charge is -2.38. The van der Waals surface area contributed by atoms with Crippen LogP contribution in [-0.2, 0) is 6.42 Å². The van der Waals surface area contributed by atoms with Crippen LogP contribution in [0.15, 0.2) is 60.7 Å². The zero-order valence-corrected chi connectivity index (χ0v) is 17.9. The molecule has 1 aliphatic heterocycles. The number of carbonyl (C=O) groups is 1. The number of nitrogens with one attached hydrogen (secondary N) is 1. The van der Waals surface area contributed by atoms with Crippen molar-refractivity contribution in [3.8, 4) is 11.5 Å². The summed E-state index contributed by atoms with van der Waals surface area (Å²) in [6.45, 7) is 0.411. The number of amides is 2. The molecular weight excluding hydrogens is 419 g/mol. The second-order valence-corrected chi connectivity index (χ2v) is 7.65. The number of anilines is 1. The predicted octanol–water partition coefficient (Wildman–Crippen LogP) is 5.68. The van der Waals surface area contributed by atoms with Crippen molar-refractivity contribution in [3.05, 3.63) is 88.2 Å². The van der Waals surface area contributed by atoms with E-state index in [1.807, 2.05) is 12.1 Å². The second kappa shape index (κ2) is 8.86. The van der Waals surface area contributed by atoms with Gasteiger partial charge < -0.3 is 19.7 Å². The smallest absolute Gasteiger partial charge is 0.322 e. The first-order valence-electron chi connectivity index (χ1n) is 9.84. The van der Waals surface area contributed by atoms with Crippen molar-refractivity contribution in [2.24, 2.45) is 0 Å². The minimum atomic E-state index is -0.621. The second-order valence-electron chi connectivity index (χ2n) is 7.21. The normalized spacial score (nSPS) is 15.2. The van der Waals surface area contributed by atoms with E-state index in [4.69, 9.17) is 21.1 Å². The van der Waals surface area contributed by atoms with Gasteiger partial charge in [-0.3, -0.25) is 0 Å². The fourth-order valence-corrected chi connectivity index (χ4v) is 4.15. The van der Waals surface area contributed by atoms with Crippen LogP contribution >= 0.6 is 11.6 Å². The number of hydrogen-bond donors (Lipinski definition) is 1. The van der Waals surface area contributed by atoms with E-state index in [0.29, 0.717) is 40.7 Å². The van der Waals surface area contributed by atoms with Crippen molar-refractivity contribution < 1.29 is 18.7 Å². The van der Waals surface area contributed by atoms with Gasteiger partial charge in [-0.1, -0.05) is 35.9 Å². The largest absolute Gasteiger partial charge is 0.493 e. The first-order chi connectivity index (χ1) is 15.0. The summed E-state index contributed by atoms with van der Waals surface area (Å²) in [6.07, 6.45) is 0.601. The van der Waals surface area contributed by atoms with Crippen LogP contribution in [0.2, 0.25) is 5.02 Å². The highest BCUT2D eigenvalue weighted by Crippen LogP contribution is 2.41. The summed E-state index contributed by atoms with van der Waals surface area (Å²) in [5, 5.41) is 3.40. The molecule has 1 aliphatic rings. The molecule has 3 aromatic rings. The molecule has 0 saturated heterocycles. The standard InChI is InChI=1S/C24H22ClFN2O3/c1-30-21-12-15-10-11-28(24(29)27-17-7-5-6-16(25)13-17)23(19(15)14-22(21)31-2)18-8-3-4-9-20(18)26/h3-9,12-14,23H,10-11H2,1-2H3,(H,27,29)/t23-/m1/s1. The highest BCUT2D eigenvalue weighted by Gasteiger charge is 2.35. The minimum Gasteiger partial charge on any atom is -0.493 e. The number of halogens is 2. The van der Waals surface area contributed by atoms with Crippen molar-refractivity contribution in [3.63, 3.8) is 0 Å². The van der Waals surface area contributed by atoms with Crippen LogP contribution in [0.25, 0.3) is 0 Å². The van der Waals surface area contributed by atoms with E-state index < -0.39 is 6.04 Å². The molecule has 5 nitrogen and oxygen atoms in total. The third-order valence-corrected chi connectivity index (χ3v) is 5.65. The van der Waals surface area contributed by atoms with E-state index in [-0.39, 0.29) is 11.8 Å². The Morgan fingerprint density at radius 2 is 1.77 bits per heavy atom. The van der Waals surface area contributed by atoms with Crippen molar-refractivity contribution in [2.75, 3.05) is 26.1 Å². The number of ether oxygens (including phenoxy) is 2.